The predicted molar refractivity (Wildman–Crippen MR) is 78.7 cm³/mol. The van der Waals surface area contributed by atoms with Crippen LogP contribution >= 0.6 is 0 Å². The van der Waals surface area contributed by atoms with Gasteiger partial charge in [0.05, 0.1) is 12.2 Å². The molecule has 18 heavy (non-hydrogen) atoms. The van der Waals surface area contributed by atoms with Crippen LogP contribution in [0.2, 0.25) is 0 Å². The molecule has 0 N–H and O–H groups in total. The Bertz CT molecular complexity index is 219. The minimum atomic E-state index is -0.205. The van der Waals surface area contributed by atoms with Gasteiger partial charge in [0.1, 0.15) is 0 Å². The van der Waals surface area contributed by atoms with Gasteiger partial charge in [-0.25, -0.2) is 0 Å². The van der Waals surface area contributed by atoms with Gasteiger partial charge >= 0.3 is 0 Å². The van der Waals surface area contributed by atoms with Gasteiger partial charge in [-0.3, -0.25) is 0 Å². The van der Waals surface area contributed by atoms with E-state index in [0.717, 1.165) is 12.3 Å². The molecule has 0 unspecified atom stereocenters. The molecule has 0 radical (unpaired) electrons. The van der Waals surface area contributed by atoms with E-state index in [-0.39, 0.29) is 18.5 Å². The molecule has 0 aromatic heterocycles. The number of ether oxygens (including phenoxy) is 2. The van der Waals surface area contributed by atoms with Crippen LogP contribution in [0.1, 0.15) is 67.7 Å². The van der Waals surface area contributed by atoms with Crippen molar-refractivity contribution >= 4 is 0 Å². The van der Waals surface area contributed by atoms with Gasteiger partial charge in [-0.1, -0.05) is 25.8 Å². The fourth-order valence-corrected chi connectivity index (χ4v) is 1.75. The van der Waals surface area contributed by atoms with Crippen LogP contribution in [-0.4, -0.2) is 18.5 Å². The normalized spacial score (nSPS) is 13.4. The van der Waals surface area contributed by atoms with Crippen LogP contribution in [-0.2, 0) is 9.47 Å². The predicted octanol–water partition coefficient (Wildman–Crippen LogP) is 4.94. The van der Waals surface area contributed by atoms with Gasteiger partial charge in [-0.2, -0.15) is 0 Å². The third-order valence-corrected chi connectivity index (χ3v) is 2.59. The topological polar surface area (TPSA) is 18.5 Å². The molecule has 2 heteroatoms. The number of allylic oxidation sites excluding steroid dienone is 1. The SMILES string of the molecule is C/C(=C\C(OC(C)C)OC(C)C)CCCC(C)C. The highest BCUT2D eigenvalue weighted by molar-refractivity contribution is 5.00. The molecule has 0 heterocycles. The zero-order chi connectivity index (χ0) is 14.1. The molecule has 0 rings (SSSR count). The first kappa shape index (κ1) is 17.7. The van der Waals surface area contributed by atoms with E-state index < -0.39 is 0 Å². The highest BCUT2D eigenvalue weighted by atomic mass is 16.7. The second-order valence-electron chi connectivity index (χ2n) is 6.04. The standard InChI is InChI=1S/C16H32O2/c1-12(2)9-8-10-15(7)11-16(17-13(3)4)18-14(5)6/h11-14,16H,8-10H2,1-7H3/b15-11+. The Kier molecular flexibility index (Phi) is 9.39. The van der Waals surface area contributed by atoms with Crippen LogP contribution in [0.25, 0.3) is 0 Å². The molecule has 0 aliphatic heterocycles. The summed E-state index contributed by atoms with van der Waals surface area (Å²) in [4.78, 5) is 0. The van der Waals surface area contributed by atoms with E-state index in [4.69, 9.17) is 9.47 Å². The summed E-state index contributed by atoms with van der Waals surface area (Å²) in [5, 5.41) is 0. The summed E-state index contributed by atoms with van der Waals surface area (Å²) in [6, 6.07) is 0. The van der Waals surface area contributed by atoms with Crippen LogP contribution in [0.4, 0.5) is 0 Å². The first-order chi connectivity index (χ1) is 8.31. The van der Waals surface area contributed by atoms with Crippen molar-refractivity contribution in [2.75, 3.05) is 0 Å². The number of hydrogen-bond donors (Lipinski definition) is 0. The molecule has 0 atom stereocenters. The van der Waals surface area contributed by atoms with Crippen LogP contribution in [0.3, 0.4) is 0 Å². The average molecular weight is 256 g/mol. The smallest absolute Gasteiger partial charge is 0.177 e. The van der Waals surface area contributed by atoms with Crippen molar-refractivity contribution in [1.29, 1.82) is 0 Å². The molecule has 0 bridgehead atoms. The molecule has 0 amide bonds. The molecular weight excluding hydrogens is 224 g/mol. The number of hydrogen-bond acceptors (Lipinski definition) is 2. The molecule has 2 nitrogen and oxygen atoms in total. The van der Waals surface area contributed by atoms with Gasteiger partial charge in [-0.05, 0) is 59.5 Å². The zero-order valence-electron chi connectivity index (χ0n) is 13.3. The fourth-order valence-electron chi connectivity index (χ4n) is 1.75. The lowest BCUT2D eigenvalue weighted by Gasteiger charge is -2.21. The van der Waals surface area contributed by atoms with E-state index in [2.05, 4.69) is 26.8 Å². The highest BCUT2D eigenvalue weighted by Crippen LogP contribution is 2.14. The molecule has 0 aromatic carbocycles. The van der Waals surface area contributed by atoms with E-state index in [1.54, 1.807) is 0 Å². The van der Waals surface area contributed by atoms with Crippen molar-refractivity contribution in [3.05, 3.63) is 11.6 Å². The van der Waals surface area contributed by atoms with Gasteiger partial charge in [0.15, 0.2) is 6.29 Å². The van der Waals surface area contributed by atoms with Gasteiger partial charge < -0.3 is 9.47 Å². The maximum absolute atomic E-state index is 5.76. The Balaban J connectivity index is 4.23. The Hall–Kier alpha value is -0.340. The average Bonchev–Trinajstić information content (AvgIpc) is 2.13. The monoisotopic (exact) mass is 256 g/mol. The van der Waals surface area contributed by atoms with Crippen molar-refractivity contribution in [1.82, 2.24) is 0 Å². The quantitative estimate of drug-likeness (QED) is 0.430. The molecule has 108 valence electrons. The first-order valence-corrected chi connectivity index (χ1v) is 7.29. The van der Waals surface area contributed by atoms with E-state index >= 15 is 0 Å². The molecule has 0 aliphatic carbocycles. The van der Waals surface area contributed by atoms with Gasteiger partial charge in [0.2, 0.25) is 0 Å². The maximum atomic E-state index is 5.76. The van der Waals surface area contributed by atoms with Crippen molar-refractivity contribution in [2.24, 2.45) is 5.92 Å². The third kappa shape index (κ3) is 10.8. The summed E-state index contributed by atoms with van der Waals surface area (Å²) in [6.07, 6.45) is 5.96. The van der Waals surface area contributed by atoms with E-state index in [1.165, 1.54) is 18.4 Å². The van der Waals surface area contributed by atoms with Crippen LogP contribution < -0.4 is 0 Å². The van der Waals surface area contributed by atoms with Gasteiger partial charge in [0.25, 0.3) is 0 Å². The summed E-state index contributed by atoms with van der Waals surface area (Å²) in [6.45, 7) is 14.9. The largest absolute Gasteiger partial charge is 0.346 e. The molecule has 0 saturated carbocycles. The Morgan fingerprint density at radius 1 is 0.944 bits per heavy atom. The summed E-state index contributed by atoms with van der Waals surface area (Å²) >= 11 is 0. The first-order valence-electron chi connectivity index (χ1n) is 7.29. The lowest BCUT2D eigenvalue weighted by molar-refractivity contribution is -0.152. The summed E-state index contributed by atoms with van der Waals surface area (Å²) < 4.78 is 11.5. The lowest BCUT2D eigenvalue weighted by atomic mass is 10.0. The lowest BCUT2D eigenvalue weighted by Crippen LogP contribution is -2.23. The zero-order valence-corrected chi connectivity index (χ0v) is 13.3. The molecular formula is C16H32O2. The minimum absolute atomic E-state index is 0.188. The minimum Gasteiger partial charge on any atom is -0.346 e. The fraction of sp³-hybridized carbons (Fsp3) is 0.875. The molecule has 0 saturated heterocycles. The highest BCUT2D eigenvalue weighted by Gasteiger charge is 2.11. The molecule has 0 aromatic rings. The Morgan fingerprint density at radius 3 is 1.83 bits per heavy atom. The Labute approximate surface area is 114 Å². The van der Waals surface area contributed by atoms with Crippen LogP contribution in [0, 0.1) is 5.92 Å². The number of rotatable bonds is 9. The maximum Gasteiger partial charge on any atom is 0.177 e. The van der Waals surface area contributed by atoms with Crippen molar-refractivity contribution < 1.29 is 9.47 Å². The van der Waals surface area contributed by atoms with Crippen molar-refractivity contribution in [3.8, 4) is 0 Å². The molecule has 0 spiro atoms. The molecule has 0 fully saturated rings. The summed E-state index contributed by atoms with van der Waals surface area (Å²) in [5.41, 5.74) is 1.36. The van der Waals surface area contributed by atoms with Crippen LogP contribution in [0.5, 0.6) is 0 Å². The second-order valence-corrected chi connectivity index (χ2v) is 6.04. The van der Waals surface area contributed by atoms with E-state index in [9.17, 15) is 0 Å². The Morgan fingerprint density at radius 2 is 1.44 bits per heavy atom. The summed E-state index contributed by atoms with van der Waals surface area (Å²) in [7, 11) is 0. The van der Waals surface area contributed by atoms with Gasteiger partial charge in [0, 0.05) is 0 Å². The summed E-state index contributed by atoms with van der Waals surface area (Å²) in [5.74, 6) is 0.785. The molecule has 0 aliphatic rings. The van der Waals surface area contributed by atoms with Crippen molar-refractivity contribution in [2.45, 2.75) is 86.2 Å². The second kappa shape index (κ2) is 9.57. The van der Waals surface area contributed by atoms with Crippen molar-refractivity contribution in [3.63, 3.8) is 0 Å². The third-order valence-electron chi connectivity index (χ3n) is 2.59. The van der Waals surface area contributed by atoms with E-state index in [1.807, 2.05) is 27.7 Å². The van der Waals surface area contributed by atoms with E-state index in [0.29, 0.717) is 0 Å². The van der Waals surface area contributed by atoms with Crippen LogP contribution in [0.15, 0.2) is 11.6 Å². The van der Waals surface area contributed by atoms with Gasteiger partial charge in [-0.15, -0.1) is 0 Å².